The van der Waals surface area contributed by atoms with Crippen LogP contribution in [0, 0.1) is 0 Å². The fraction of sp³-hybridized carbons (Fsp3) is 0. The second kappa shape index (κ2) is 7.64. The molecule has 186 valence electrons. The number of nitrogens with zero attached hydrogens (tertiary/aromatic N) is 3. The molecule has 10 rings (SSSR count). The molecule has 0 aliphatic rings. The van der Waals surface area contributed by atoms with Gasteiger partial charge in [-0.05, 0) is 36.4 Å². The number of thiophene rings is 3. The lowest BCUT2D eigenvalue weighted by Gasteiger charge is -2.10. The van der Waals surface area contributed by atoms with Crippen molar-refractivity contribution in [3.05, 3.63) is 104 Å². The lowest BCUT2D eigenvalue weighted by atomic mass is 10.0. The molecule has 6 heteroatoms. The molecule has 5 aromatic heterocycles. The van der Waals surface area contributed by atoms with Gasteiger partial charge < -0.3 is 4.57 Å². The van der Waals surface area contributed by atoms with Crippen LogP contribution in [0.5, 0.6) is 0 Å². The molecule has 5 aromatic carbocycles. The first-order valence-electron chi connectivity index (χ1n) is 13.2. The number of hydrogen-bond acceptors (Lipinski definition) is 5. The number of rotatable bonds is 1. The highest BCUT2D eigenvalue weighted by molar-refractivity contribution is 7.30. The van der Waals surface area contributed by atoms with E-state index in [1.54, 1.807) is 6.33 Å². The van der Waals surface area contributed by atoms with Crippen molar-refractivity contribution in [2.24, 2.45) is 0 Å². The van der Waals surface area contributed by atoms with E-state index in [2.05, 4.69) is 101 Å². The highest BCUT2D eigenvalue weighted by Crippen LogP contribution is 2.51. The van der Waals surface area contributed by atoms with Gasteiger partial charge in [-0.3, -0.25) is 0 Å². The predicted octanol–water partition coefficient (Wildman–Crippen LogP) is 10.7. The van der Waals surface area contributed by atoms with Gasteiger partial charge in [0.25, 0.3) is 0 Å². The maximum atomic E-state index is 4.84. The third-order valence-corrected chi connectivity index (χ3v) is 11.6. The van der Waals surface area contributed by atoms with Crippen LogP contribution < -0.4 is 0 Å². The summed E-state index contributed by atoms with van der Waals surface area (Å²) >= 11 is 5.58. The summed E-state index contributed by atoms with van der Waals surface area (Å²) in [5.41, 5.74) is 4.71. The molecule has 0 saturated heterocycles. The summed E-state index contributed by atoms with van der Waals surface area (Å²) in [5, 5.41) is 9.06. The number of benzene rings is 5. The first kappa shape index (κ1) is 21.5. The molecule has 0 bridgehead atoms. The fourth-order valence-electron chi connectivity index (χ4n) is 6.52. The van der Waals surface area contributed by atoms with Crippen molar-refractivity contribution >= 4 is 116 Å². The fourth-order valence-corrected chi connectivity index (χ4v) is 10.1. The molecule has 0 aliphatic carbocycles. The minimum atomic E-state index is 1.04. The van der Waals surface area contributed by atoms with E-state index in [4.69, 9.17) is 4.98 Å². The van der Waals surface area contributed by atoms with E-state index in [-0.39, 0.29) is 0 Å². The molecule has 0 unspecified atom stereocenters. The maximum absolute atomic E-state index is 4.84. The second-order valence-electron chi connectivity index (χ2n) is 10.2. The summed E-state index contributed by atoms with van der Waals surface area (Å²) in [7, 11) is 0. The van der Waals surface area contributed by atoms with E-state index in [1.165, 1.54) is 77.9 Å². The standard InChI is InChI=1S/C34H17N3S3/c1-4-10-23-20(8-1)28-30-31-27(16-35-17-36-31)40-33(30)29-21-9-3-6-12-25(21)39-34(29)32(28)37(23)18-13-14-26-22(15-18)19-7-2-5-11-24(19)38-26/h1-17H. The van der Waals surface area contributed by atoms with E-state index < -0.39 is 0 Å². The number of para-hydroxylation sites is 1. The first-order valence-corrected chi connectivity index (χ1v) is 15.6. The minimum Gasteiger partial charge on any atom is -0.308 e. The third-order valence-electron chi connectivity index (χ3n) is 8.14. The molecule has 0 atom stereocenters. The molecule has 5 heterocycles. The largest absolute Gasteiger partial charge is 0.308 e. The first-order chi connectivity index (χ1) is 19.8. The molecule has 3 nitrogen and oxygen atoms in total. The van der Waals surface area contributed by atoms with Gasteiger partial charge in [0.05, 0.1) is 25.9 Å². The van der Waals surface area contributed by atoms with Gasteiger partial charge in [0.1, 0.15) is 6.33 Å². The molecule has 10 aromatic rings. The molecule has 0 fully saturated rings. The van der Waals surface area contributed by atoms with Gasteiger partial charge in [-0.25, -0.2) is 9.97 Å². The normalized spacial score (nSPS) is 12.5. The van der Waals surface area contributed by atoms with Gasteiger partial charge in [-0.15, -0.1) is 34.0 Å². The quantitative estimate of drug-likeness (QED) is 0.199. The van der Waals surface area contributed by atoms with Crippen LogP contribution >= 0.6 is 34.0 Å². The summed E-state index contributed by atoms with van der Waals surface area (Å²) in [6.07, 6.45) is 3.65. The van der Waals surface area contributed by atoms with E-state index in [0.717, 1.165) is 10.2 Å². The predicted molar refractivity (Wildman–Crippen MR) is 175 cm³/mol. The van der Waals surface area contributed by atoms with Gasteiger partial charge in [0, 0.05) is 68.4 Å². The van der Waals surface area contributed by atoms with Crippen LogP contribution in [-0.2, 0) is 0 Å². The van der Waals surface area contributed by atoms with E-state index >= 15 is 0 Å². The molecule has 40 heavy (non-hydrogen) atoms. The number of fused-ring (bicyclic) bond motifs is 15. The SMILES string of the molecule is c1ccc2c(c1)sc1ccc(-n3c4ccccc4c4c5c6ncncc6sc5c5c6ccccc6sc5c43)cc12. The van der Waals surface area contributed by atoms with Crippen molar-refractivity contribution in [1.29, 1.82) is 0 Å². The Balaban J connectivity index is 1.50. The lowest BCUT2D eigenvalue weighted by molar-refractivity contribution is 1.20. The van der Waals surface area contributed by atoms with Crippen molar-refractivity contribution in [2.45, 2.75) is 0 Å². The Morgan fingerprint density at radius 3 is 2.17 bits per heavy atom. The highest BCUT2D eigenvalue weighted by atomic mass is 32.1. The van der Waals surface area contributed by atoms with Crippen LogP contribution in [0.1, 0.15) is 0 Å². The lowest BCUT2D eigenvalue weighted by Crippen LogP contribution is -1.93. The Bertz CT molecular complexity index is 2670. The van der Waals surface area contributed by atoms with Crippen molar-refractivity contribution in [3.63, 3.8) is 0 Å². The Morgan fingerprint density at radius 1 is 0.550 bits per heavy atom. The monoisotopic (exact) mass is 563 g/mol. The zero-order chi connectivity index (χ0) is 25.9. The van der Waals surface area contributed by atoms with Crippen LogP contribution in [0.15, 0.2) is 104 Å². The van der Waals surface area contributed by atoms with Gasteiger partial charge in [-0.2, -0.15) is 0 Å². The average molecular weight is 564 g/mol. The van der Waals surface area contributed by atoms with E-state index in [9.17, 15) is 0 Å². The van der Waals surface area contributed by atoms with Gasteiger partial charge >= 0.3 is 0 Å². The summed E-state index contributed by atoms with van der Waals surface area (Å²) in [6, 6.07) is 33.4. The Kier molecular flexibility index (Phi) is 4.10. The van der Waals surface area contributed by atoms with Crippen molar-refractivity contribution in [1.82, 2.24) is 14.5 Å². The molecule has 0 aliphatic heterocycles. The molecular weight excluding hydrogens is 547 g/mol. The Labute approximate surface area is 239 Å². The third kappa shape index (κ3) is 2.63. The summed E-state index contributed by atoms with van der Waals surface area (Å²) in [5.74, 6) is 0. The smallest absolute Gasteiger partial charge is 0.116 e. The van der Waals surface area contributed by atoms with E-state index in [0.29, 0.717) is 0 Å². The summed E-state index contributed by atoms with van der Waals surface area (Å²) in [6.45, 7) is 0. The summed E-state index contributed by atoms with van der Waals surface area (Å²) < 4.78 is 10.2. The Morgan fingerprint density at radius 2 is 1.27 bits per heavy atom. The number of hydrogen-bond donors (Lipinski definition) is 0. The molecule has 0 spiro atoms. The molecular formula is C34H17N3S3. The molecule has 0 N–H and O–H groups in total. The van der Waals surface area contributed by atoms with Crippen LogP contribution in [0.25, 0.3) is 88.1 Å². The van der Waals surface area contributed by atoms with E-state index in [1.807, 2.05) is 40.2 Å². The van der Waals surface area contributed by atoms with Crippen LogP contribution in [0.3, 0.4) is 0 Å². The van der Waals surface area contributed by atoms with Crippen LogP contribution in [0.2, 0.25) is 0 Å². The zero-order valence-electron chi connectivity index (χ0n) is 20.9. The molecule has 0 amide bonds. The number of aromatic nitrogens is 3. The zero-order valence-corrected chi connectivity index (χ0v) is 23.3. The van der Waals surface area contributed by atoms with Crippen molar-refractivity contribution in [2.75, 3.05) is 0 Å². The minimum absolute atomic E-state index is 1.04. The highest BCUT2D eigenvalue weighted by Gasteiger charge is 2.25. The second-order valence-corrected chi connectivity index (χ2v) is 13.4. The van der Waals surface area contributed by atoms with Crippen molar-refractivity contribution < 1.29 is 0 Å². The Hall–Kier alpha value is -4.36. The average Bonchev–Trinajstić information content (AvgIpc) is 3.75. The van der Waals surface area contributed by atoms with Crippen molar-refractivity contribution in [3.8, 4) is 5.69 Å². The summed E-state index contributed by atoms with van der Waals surface area (Å²) in [4.78, 5) is 9.22. The van der Waals surface area contributed by atoms with Crippen LogP contribution in [-0.4, -0.2) is 14.5 Å². The molecule has 0 radical (unpaired) electrons. The van der Waals surface area contributed by atoms with Crippen LogP contribution in [0.4, 0.5) is 0 Å². The topological polar surface area (TPSA) is 30.7 Å². The maximum Gasteiger partial charge on any atom is 0.116 e. The van der Waals surface area contributed by atoms with Gasteiger partial charge in [0.2, 0.25) is 0 Å². The van der Waals surface area contributed by atoms with Gasteiger partial charge in [-0.1, -0.05) is 54.6 Å². The van der Waals surface area contributed by atoms with Gasteiger partial charge in [0.15, 0.2) is 0 Å². The molecule has 0 saturated carbocycles.